The number of carbonyl (C=O) groups excluding carboxylic acids is 1. The number of hydrogen-bond donors (Lipinski definition) is 1. The Labute approximate surface area is 154 Å². The molecule has 0 fully saturated rings. The van der Waals surface area contributed by atoms with Gasteiger partial charge in [-0.05, 0) is 72.3 Å². The number of amides is 1. The second kappa shape index (κ2) is 8.86. The predicted octanol–water partition coefficient (Wildman–Crippen LogP) is 4.87. The summed E-state index contributed by atoms with van der Waals surface area (Å²) < 4.78 is 25.1. The van der Waals surface area contributed by atoms with Crippen LogP contribution in [0.1, 0.15) is 30.6 Å². The lowest BCUT2D eigenvalue weighted by molar-refractivity contribution is 0.102. The summed E-state index contributed by atoms with van der Waals surface area (Å²) in [6.45, 7) is 4.96. The third kappa shape index (κ3) is 4.83. The molecule has 6 heteroatoms. The molecule has 0 saturated carbocycles. The molecule has 1 N–H and O–H groups in total. The topological polar surface area (TPSA) is 47.6 Å². The van der Waals surface area contributed by atoms with Crippen molar-refractivity contribution in [2.75, 3.05) is 18.5 Å². The standard InChI is InChI=1S/C18H19FINO3/c1-3-9-24-17-15(20)10-12(11-16(17)23-4-2)18(22)21-14-7-5-13(19)6-8-14/h5-8,10-11H,3-4,9H2,1-2H3,(H,21,22). The maximum atomic E-state index is 12.9. The fraction of sp³-hybridized carbons (Fsp3) is 0.278. The minimum absolute atomic E-state index is 0.289. The van der Waals surface area contributed by atoms with Crippen LogP contribution in [0.2, 0.25) is 0 Å². The second-order valence-corrected chi connectivity index (χ2v) is 6.19. The molecule has 0 aliphatic rings. The molecule has 2 rings (SSSR count). The van der Waals surface area contributed by atoms with Gasteiger partial charge in [-0.1, -0.05) is 6.92 Å². The fourth-order valence-electron chi connectivity index (χ4n) is 2.04. The molecule has 0 saturated heterocycles. The van der Waals surface area contributed by atoms with Crippen molar-refractivity contribution < 1.29 is 18.7 Å². The van der Waals surface area contributed by atoms with Crippen LogP contribution in [0.25, 0.3) is 0 Å². The first kappa shape index (κ1) is 18.5. The molecule has 0 aliphatic carbocycles. The summed E-state index contributed by atoms with van der Waals surface area (Å²) in [4.78, 5) is 12.4. The van der Waals surface area contributed by atoms with E-state index >= 15 is 0 Å². The smallest absolute Gasteiger partial charge is 0.255 e. The zero-order chi connectivity index (χ0) is 17.5. The quantitative estimate of drug-likeness (QED) is 0.622. The van der Waals surface area contributed by atoms with Gasteiger partial charge in [-0.25, -0.2) is 4.39 Å². The van der Waals surface area contributed by atoms with Gasteiger partial charge in [-0.15, -0.1) is 0 Å². The Hall–Kier alpha value is -1.83. The fourth-order valence-corrected chi connectivity index (χ4v) is 2.80. The van der Waals surface area contributed by atoms with Gasteiger partial charge in [0.25, 0.3) is 5.91 Å². The minimum Gasteiger partial charge on any atom is -0.490 e. The van der Waals surface area contributed by atoms with E-state index in [1.54, 1.807) is 12.1 Å². The van der Waals surface area contributed by atoms with Crippen molar-refractivity contribution in [2.24, 2.45) is 0 Å². The highest BCUT2D eigenvalue weighted by Gasteiger charge is 2.16. The van der Waals surface area contributed by atoms with E-state index in [0.717, 1.165) is 9.99 Å². The van der Waals surface area contributed by atoms with Crippen LogP contribution >= 0.6 is 22.6 Å². The highest BCUT2D eigenvalue weighted by molar-refractivity contribution is 14.1. The number of rotatable bonds is 7. The van der Waals surface area contributed by atoms with E-state index in [-0.39, 0.29) is 11.7 Å². The second-order valence-electron chi connectivity index (χ2n) is 5.03. The first-order chi connectivity index (χ1) is 11.5. The van der Waals surface area contributed by atoms with Crippen molar-refractivity contribution in [3.8, 4) is 11.5 Å². The normalized spacial score (nSPS) is 10.3. The van der Waals surface area contributed by atoms with Crippen LogP contribution in [0.15, 0.2) is 36.4 Å². The van der Waals surface area contributed by atoms with E-state index < -0.39 is 0 Å². The number of benzene rings is 2. The van der Waals surface area contributed by atoms with E-state index in [4.69, 9.17) is 9.47 Å². The summed E-state index contributed by atoms with van der Waals surface area (Å²) in [5.74, 6) is 0.556. The van der Waals surface area contributed by atoms with Gasteiger partial charge < -0.3 is 14.8 Å². The van der Waals surface area contributed by atoms with Gasteiger partial charge in [0.2, 0.25) is 0 Å². The summed E-state index contributed by atoms with van der Waals surface area (Å²) in [7, 11) is 0. The van der Waals surface area contributed by atoms with E-state index in [0.29, 0.717) is 36.0 Å². The number of hydrogen-bond acceptors (Lipinski definition) is 3. The molecule has 4 nitrogen and oxygen atoms in total. The zero-order valence-corrected chi connectivity index (χ0v) is 15.7. The molecule has 0 spiro atoms. The van der Waals surface area contributed by atoms with E-state index in [9.17, 15) is 9.18 Å². The van der Waals surface area contributed by atoms with Crippen molar-refractivity contribution in [3.05, 3.63) is 51.3 Å². The van der Waals surface area contributed by atoms with E-state index in [2.05, 4.69) is 27.9 Å². The molecule has 128 valence electrons. The van der Waals surface area contributed by atoms with Crippen LogP contribution in [-0.2, 0) is 0 Å². The molecule has 2 aromatic carbocycles. The molecule has 0 atom stereocenters. The first-order valence-electron chi connectivity index (χ1n) is 7.71. The number of ether oxygens (including phenoxy) is 2. The first-order valence-corrected chi connectivity index (χ1v) is 8.79. The zero-order valence-electron chi connectivity index (χ0n) is 13.6. The Bertz CT molecular complexity index is 704. The van der Waals surface area contributed by atoms with E-state index in [1.165, 1.54) is 24.3 Å². The van der Waals surface area contributed by atoms with Gasteiger partial charge in [0.15, 0.2) is 11.5 Å². The Morgan fingerprint density at radius 1 is 1.17 bits per heavy atom. The molecule has 0 bridgehead atoms. The van der Waals surface area contributed by atoms with Crippen LogP contribution in [0.4, 0.5) is 10.1 Å². The van der Waals surface area contributed by atoms with Gasteiger partial charge in [0, 0.05) is 11.3 Å². The molecule has 24 heavy (non-hydrogen) atoms. The Morgan fingerprint density at radius 3 is 2.50 bits per heavy atom. The van der Waals surface area contributed by atoms with E-state index in [1.807, 2.05) is 13.8 Å². The Balaban J connectivity index is 2.25. The van der Waals surface area contributed by atoms with Crippen molar-refractivity contribution in [1.29, 1.82) is 0 Å². The van der Waals surface area contributed by atoms with Crippen molar-refractivity contribution >= 4 is 34.2 Å². The minimum atomic E-state index is -0.349. The third-order valence-corrected chi connectivity index (χ3v) is 3.93. The SMILES string of the molecule is CCCOc1c(I)cc(C(=O)Nc2ccc(F)cc2)cc1OCC. The highest BCUT2D eigenvalue weighted by atomic mass is 127. The van der Waals surface area contributed by atoms with Gasteiger partial charge in [0.1, 0.15) is 5.82 Å². The van der Waals surface area contributed by atoms with Gasteiger partial charge in [-0.2, -0.15) is 0 Å². The number of nitrogens with one attached hydrogen (secondary N) is 1. The molecule has 0 aliphatic heterocycles. The predicted molar refractivity (Wildman–Crippen MR) is 100 cm³/mol. The van der Waals surface area contributed by atoms with Crippen molar-refractivity contribution in [2.45, 2.75) is 20.3 Å². The number of halogens is 2. The van der Waals surface area contributed by atoms with Crippen molar-refractivity contribution in [1.82, 2.24) is 0 Å². The largest absolute Gasteiger partial charge is 0.490 e. The van der Waals surface area contributed by atoms with Crippen LogP contribution in [0.5, 0.6) is 11.5 Å². The third-order valence-electron chi connectivity index (χ3n) is 3.12. The summed E-state index contributed by atoms with van der Waals surface area (Å²) in [6, 6.07) is 9.03. The van der Waals surface area contributed by atoms with Crippen LogP contribution in [0, 0.1) is 9.39 Å². The molecular weight excluding hydrogens is 424 g/mol. The molecule has 0 heterocycles. The van der Waals surface area contributed by atoms with Gasteiger partial charge >= 0.3 is 0 Å². The van der Waals surface area contributed by atoms with Crippen LogP contribution < -0.4 is 14.8 Å². The molecular formula is C18H19FINO3. The summed E-state index contributed by atoms with van der Waals surface area (Å²) in [5, 5.41) is 2.74. The molecule has 0 unspecified atom stereocenters. The molecule has 0 aromatic heterocycles. The number of carbonyl (C=O) groups is 1. The lowest BCUT2D eigenvalue weighted by Crippen LogP contribution is -2.13. The lowest BCUT2D eigenvalue weighted by Gasteiger charge is -2.15. The van der Waals surface area contributed by atoms with Crippen molar-refractivity contribution in [3.63, 3.8) is 0 Å². The monoisotopic (exact) mass is 443 g/mol. The average Bonchev–Trinajstić information content (AvgIpc) is 2.56. The van der Waals surface area contributed by atoms with Crippen LogP contribution in [0.3, 0.4) is 0 Å². The maximum absolute atomic E-state index is 12.9. The summed E-state index contributed by atoms with van der Waals surface area (Å²) >= 11 is 2.13. The number of anilines is 1. The molecule has 2 aromatic rings. The van der Waals surface area contributed by atoms with Gasteiger partial charge in [0.05, 0.1) is 16.8 Å². The Morgan fingerprint density at radius 2 is 1.88 bits per heavy atom. The highest BCUT2D eigenvalue weighted by Crippen LogP contribution is 2.34. The molecule has 0 radical (unpaired) electrons. The summed E-state index contributed by atoms with van der Waals surface area (Å²) in [5.41, 5.74) is 0.983. The molecule has 1 amide bonds. The maximum Gasteiger partial charge on any atom is 0.255 e. The Kier molecular flexibility index (Phi) is 6.84. The van der Waals surface area contributed by atoms with Gasteiger partial charge in [-0.3, -0.25) is 4.79 Å². The summed E-state index contributed by atoms with van der Waals surface area (Å²) in [6.07, 6.45) is 0.883. The lowest BCUT2D eigenvalue weighted by atomic mass is 10.1. The van der Waals surface area contributed by atoms with Crippen LogP contribution in [-0.4, -0.2) is 19.1 Å². The average molecular weight is 443 g/mol.